The van der Waals surface area contributed by atoms with Crippen LogP contribution in [0.25, 0.3) is 0 Å². The van der Waals surface area contributed by atoms with Gasteiger partial charge in [-0.05, 0) is 51.0 Å². The van der Waals surface area contributed by atoms with Crippen molar-refractivity contribution >= 4 is 34.8 Å². The first-order chi connectivity index (χ1) is 18.1. The van der Waals surface area contributed by atoms with E-state index >= 15 is 0 Å². The average Bonchev–Trinajstić information content (AvgIpc) is 2.85. The molecule has 39 heavy (non-hydrogen) atoms. The quantitative estimate of drug-likeness (QED) is 0.274. The Labute approximate surface area is 230 Å². The molecule has 0 bridgehead atoms. The Morgan fingerprint density at radius 1 is 0.744 bits per heavy atom. The molecule has 0 radical (unpaired) electrons. The largest absolute Gasteiger partial charge is 0.412 e. The van der Waals surface area contributed by atoms with E-state index in [2.05, 4.69) is 41.0 Å². The lowest BCUT2D eigenvalue weighted by Crippen LogP contribution is -2.46. The third-order valence-electron chi connectivity index (χ3n) is 6.52. The number of hydrogen-bond acceptors (Lipinski definition) is 10. The third-order valence-corrected chi connectivity index (χ3v) is 6.52. The van der Waals surface area contributed by atoms with Crippen LogP contribution in [-0.4, -0.2) is 103 Å². The number of aromatic nitrogens is 2. The van der Waals surface area contributed by atoms with E-state index in [0.717, 1.165) is 86.2 Å². The van der Waals surface area contributed by atoms with E-state index in [0.29, 0.717) is 24.7 Å². The topological polar surface area (TPSA) is 198 Å². The number of nitrogens with two attached hydrogens (primary N) is 2. The predicted octanol–water partition coefficient (Wildman–Crippen LogP) is -0.576. The van der Waals surface area contributed by atoms with Gasteiger partial charge < -0.3 is 38.2 Å². The molecule has 13 heteroatoms. The highest BCUT2D eigenvalue weighted by Gasteiger charge is 2.16. The van der Waals surface area contributed by atoms with Crippen molar-refractivity contribution in [3.05, 3.63) is 34.6 Å². The minimum absolute atomic E-state index is 0. The van der Waals surface area contributed by atoms with Crippen LogP contribution in [0.5, 0.6) is 0 Å². The number of rotatable bonds is 6. The molecule has 0 spiro atoms. The van der Waals surface area contributed by atoms with E-state index in [9.17, 15) is 9.59 Å². The summed E-state index contributed by atoms with van der Waals surface area (Å²) in [4.78, 5) is 36.7. The maximum Gasteiger partial charge on any atom is 0.238 e. The second kappa shape index (κ2) is 15.3. The minimum atomic E-state index is -0.000304. The van der Waals surface area contributed by atoms with E-state index < -0.39 is 0 Å². The van der Waals surface area contributed by atoms with Gasteiger partial charge in [-0.2, -0.15) is 0 Å². The number of carbonyl (C=O) groups excluding carboxylic acids is 2. The van der Waals surface area contributed by atoms with Crippen molar-refractivity contribution in [1.29, 1.82) is 0 Å². The molecular weight excluding hydrogens is 500 g/mol. The zero-order chi connectivity index (χ0) is 27.7. The Hall–Kier alpha value is -3.36. The SMILES string of the molecule is Cc1cc(N)nc(C)c1NC(=O)CN1CCNCC1.Cc1cc(N)nc(C)c1NC(=O)CN1CCNCC1.O. The van der Waals surface area contributed by atoms with Crippen molar-refractivity contribution in [2.24, 2.45) is 0 Å². The average molecular weight is 545 g/mol. The summed E-state index contributed by atoms with van der Waals surface area (Å²) in [5.74, 6) is 0.963. The fourth-order valence-corrected chi connectivity index (χ4v) is 4.60. The molecule has 0 aliphatic carbocycles. The highest BCUT2D eigenvalue weighted by Crippen LogP contribution is 2.21. The van der Waals surface area contributed by atoms with Crippen LogP contribution < -0.4 is 32.7 Å². The Balaban J connectivity index is 0.000000267. The lowest BCUT2D eigenvalue weighted by Gasteiger charge is -2.26. The molecule has 0 saturated carbocycles. The van der Waals surface area contributed by atoms with Gasteiger partial charge in [0.25, 0.3) is 0 Å². The molecule has 0 atom stereocenters. The van der Waals surface area contributed by atoms with Gasteiger partial charge in [0.15, 0.2) is 0 Å². The van der Waals surface area contributed by atoms with Crippen LogP contribution >= 0.6 is 0 Å². The smallest absolute Gasteiger partial charge is 0.238 e. The molecule has 2 aromatic rings. The number of nitrogens with one attached hydrogen (secondary N) is 4. The first-order valence-corrected chi connectivity index (χ1v) is 13.1. The third kappa shape index (κ3) is 10.0. The molecule has 2 amide bonds. The van der Waals surface area contributed by atoms with Crippen molar-refractivity contribution < 1.29 is 15.1 Å². The van der Waals surface area contributed by atoms with Gasteiger partial charge in [0.1, 0.15) is 11.6 Å². The summed E-state index contributed by atoms with van der Waals surface area (Å²) in [6, 6.07) is 3.54. The number of anilines is 4. The Morgan fingerprint density at radius 2 is 1.08 bits per heavy atom. The molecule has 4 heterocycles. The van der Waals surface area contributed by atoms with Gasteiger partial charge in [0, 0.05) is 52.4 Å². The molecule has 2 aliphatic rings. The number of hydrogen-bond donors (Lipinski definition) is 6. The molecule has 2 saturated heterocycles. The van der Waals surface area contributed by atoms with Gasteiger partial charge in [-0.1, -0.05) is 0 Å². The summed E-state index contributed by atoms with van der Waals surface area (Å²) in [6.07, 6.45) is 0. The van der Waals surface area contributed by atoms with Crippen LogP contribution in [0.2, 0.25) is 0 Å². The number of nitrogens with zero attached hydrogens (tertiary/aromatic N) is 4. The molecule has 2 aromatic heterocycles. The number of amides is 2. The molecule has 4 rings (SSSR count). The normalized spacial score (nSPS) is 15.9. The van der Waals surface area contributed by atoms with Gasteiger partial charge in [-0.15, -0.1) is 0 Å². The predicted molar refractivity (Wildman–Crippen MR) is 156 cm³/mol. The summed E-state index contributed by atoms with van der Waals surface area (Å²) in [6.45, 7) is 15.8. The summed E-state index contributed by atoms with van der Waals surface area (Å²) in [5, 5.41) is 12.4. The molecular formula is C26H44N10O3. The minimum Gasteiger partial charge on any atom is -0.412 e. The number of piperazine rings is 2. The molecule has 0 unspecified atom stereocenters. The van der Waals surface area contributed by atoms with Gasteiger partial charge in [0.2, 0.25) is 11.8 Å². The molecule has 13 nitrogen and oxygen atoms in total. The summed E-state index contributed by atoms with van der Waals surface area (Å²) >= 11 is 0. The molecule has 216 valence electrons. The van der Waals surface area contributed by atoms with Crippen LogP contribution in [0, 0.1) is 27.7 Å². The Morgan fingerprint density at radius 3 is 1.38 bits per heavy atom. The fourth-order valence-electron chi connectivity index (χ4n) is 4.60. The number of aryl methyl sites for hydroxylation is 4. The van der Waals surface area contributed by atoms with Crippen LogP contribution in [0.4, 0.5) is 23.0 Å². The van der Waals surface area contributed by atoms with Crippen molar-refractivity contribution in [3.8, 4) is 0 Å². The number of nitrogen functional groups attached to an aromatic ring is 2. The van der Waals surface area contributed by atoms with Crippen LogP contribution in [0.1, 0.15) is 22.5 Å². The van der Waals surface area contributed by atoms with Crippen LogP contribution in [0.15, 0.2) is 12.1 Å². The highest BCUT2D eigenvalue weighted by atomic mass is 16.2. The van der Waals surface area contributed by atoms with Crippen LogP contribution in [-0.2, 0) is 9.59 Å². The standard InChI is InChI=1S/2C13H21N5O.H2O/c2*1-9-7-11(14)16-10(2)13(9)17-12(19)8-18-5-3-15-4-6-18;/h2*7,15H,3-6,8H2,1-2H3,(H2,14,16)(H,17,19);1H2. The lowest BCUT2D eigenvalue weighted by molar-refractivity contribution is -0.118. The summed E-state index contributed by atoms with van der Waals surface area (Å²) < 4.78 is 0. The summed E-state index contributed by atoms with van der Waals surface area (Å²) in [5.41, 5.74) is 16.3. The van der Waals surface area contributed by atoms with Crippen molar-refractivity contribution in [1.82, 2.24) is 30.4 Å². The van der Waals surface area contributed by atoms with E-state index in [1.165, 1.54) is 0 Å². The first-order valence-electron chi connectivity index (χ1n) is 13.1. The van der Waals surface area contributed by atoms with Crippen LogP contribution in [0.3, 0.4) is 0 Å². The Bertz CT molecular complexity index is 982. The maximum atomic E-state index is 12.0. The van der Waals surface area contributed by atoms with E-state index in [1.54, 1.807) is 12.1 Å². The maximum absolute atomic E-state index is 12.0. The van der Waals surface area contributed by atoms with Gasteiger partial charge >= 0.3 is 0 Å². The van der Waals surface area contributed by atoms with E-state index in [4.69, 9.17) is 11.5 Å². The highest BCUT2D eigenvalue weighted by molar-refractivity contribution is 5.94. The monoisotopic (exact) mass is 544 g/mol. The molecule has 10 N–H and O–H groups in total. The molecule has 0 aromatic carbocycles. The zero-order valence-electron chi connectivity index (χ0n) is 23.5. The Kier molecular flexibility index (Phi) is 12.5. The second-order valence-electron chi connectivity index (χ2n) is 9.80. The van der Waals surface area contributed by atoms with Gasteiger partial charge in [0.05, 0.1) is 35.9 Å². The lowest BCUT2D eigenvalue weighted by atomic mass is 10.2. The fraction of sp³-hybridized carbons (Fsp3) is 0.538. The second-order valence-corrected chi connectivity index (χ2v) is 9.80. The van der Waals surface area contributed by atoms with E-state index in [1.807, 2.05) is 27.7 Å². The van der Waals surface area contributed by atoms with Gasteiger partial charge in [-0.25, -0.2) is 9.97 Å². The van der Waals surface area contributed by atoms with Gasteiger partial charge in [-0.3, -0.25) is 19.4 Å². The van der Waals surface area contributed by atoms with Crippen molar-refractivity contribution in [2.75, 3.05) is 87.5 Å². The molecule has 2 aliphatic heterocycles. The van der Waals surface area contributed by atoms with E-state index in [-0.39, 0.29) is 17.3 Å². The molecule has 2 fully saturated rings. The van der Waals surface area contributed by atoms with Crippen molar-refractivity contribution in [2.45, 2.75) is 27.7 Å². The van der Waals surface area contributed by atoms with Crippen molar-refractivity contribution in [3.63, 3.8) is 0 Å². The number of carbonyl (C=O) groups is 2. The summed E-state index contributed by atoms with van der Waals surface area (Å²) in [7, 11) is 0. The first kappa shape index (κ1) is 31.9. The number of pyridine rings is 2. The zero-order valence-corrected chi connectivity index (χ0v) is 23.5.